The predicted molar refractivity (Wildman–Crippen MR) is 115 cm³/mol. The monoisotopic (exact) mass is 434 g/mol. The maximum atomic E-state index is 13.2. The quantitative estimate of drug-likeness (QED) is 0.586. The molecule has 0 N–H and O–H groups in total. The fourth-order valence-electron chi connectivity index (χ4n) is 4.12. The van der Waals surface area contributed by atoms with Gasteiger partial charge in [0.15, 0.2) is 11.5 Å². The van der Waals surface area contributed by atoms with E-state index in [0.29, 0.717) is 17.9 Å². The Labute approximate surface area is 181 Å². The molecule has 0 spiro atoms. The molecule has 0 amide bonds. The van der Waals surface area contributed by atoms with Gasteiger partial charge in [0.1, 0.15) is 5.82 Å². The normalized spacial score (nSPS) is 20.9. The molecule has 1 aliphatic carbocycles. The topological polar surface area (TPSA) is 24.9 Å². The second-order valence-electron chi connectivity index (χ2n) is 8.38. The zero-order valence-electron chi connectivity index (χ0n) is 17.8. The lowest BCUT2D eigenvalue weighted by Gasteiger charge is -2.24. The zero-order valence-corrected chi connectivity index (χ0v) is 17.8. The number of hydrogen-bond donors (Lipinski definition) is 0. The molecule has 2 aromatic carbocycles. The second kappa shape index (κ2) is 9.39. The molecular weight excluding hydrogens is 405 g/mol. The van der Waals surface area contributed by atoms with Crippen molar-refractivity contribution in [1.82, 2.24) is 4.90 Å². The molecule has 1 saturated carbocycles. The van der Waals surface area contributed by atoms with Gasteiger partial charge in [-0.2, -0.15) is 0 Å². The van der Waals surface area contributed by atoms with Crippen LogP contribution >= 0.6 is 0 Å². The fourth-order valence-corrected chi connectivity index (χ4v) is 4.12. The largest absolute Gasteiger partial charge is 0.493 e. The Morgan fingerprint density at radius 3 is 2.48 bits per heavy atom. The summed E-state index contributed by atoms with van der Waals surface area (Å²) in [7, 11) is 1.58. The van der Waals surface area contributed by atoms with Gasteiger partial charge in [0.2, 0.25) is 0 Å². The first kappa shape index (κ1) is 21.8. The van der Waals surface area contributed by atoms with Crippen molar-refractivity contribution in [2.45, 2.75) is 31.7 Å². The smallest absolute Gasteiger partial charge is 0.251 e. The summed E-state index contributed by atoms with van der Waals surface area (Å²) in [6.45, 7) is 4.72. The molecule has 2 fully saturated rings. The number of halogens is 3. The van der Waals surface area contributed by atoms with E-state index in [9.17, 15) is 13.2 Å². The molecule has 4 nitrogen and oxygen atoms in total. The number of alkyl halides is 2. The molecule has 1 saturated heterocycles. The molecule has 1 atom stereocenters. The maximum absolute atomic E-state index is 13.2. The standard InChI is InChI=1S/C24H29F3N2O2/c1-30-22-8-3-18(15-23(22)31-14-9-19-16-24(19,26)27)17-28-10-2-11-29(13-12-28)21-6-4-20(25)5-7-21/h3-8,15,19H,2,9-14,16-17H2,1H3. The van der Waals surface area contributed by atoms with Crippen LogP contribution in [0.2, 0.25) is 0 Å². The van der Waals surface area contributed by atoms with Gasteiger partial charge in [-0.05, 0) is 54.8 Å². The molecule has 2 aliphatic rings. The van der Waals surface area contributed by atoms with Crippen LogP contribution in [0.3, 0.4) is 0 Å². The van der Waals surface area contributed by atoms with E-state index in [4.69, 9.17) is 9.47 Å². The van der Waals surface area contributed by atoms with Crippen molar-refractivity contribution in [2.24, 2.45) is 5.92 Å². The summed E-state index contributed by atoms with van der Waals surface area (Å²) in [6.07, 6.45) is 1.34. The first-order chi connectivity index (χ1) is 14.9. The van der Waals surface area contributed by atoms with Gasteiger partial charge in [-0.3, -0.25) is 4.90 Å². The van der Waals surface area contributed by atoms with Crippen LogP contribution in [0.4, 0.5) is 18.9 Å². The Balaban J connectivity index is 1.33. The lowest BCUT2D eigenvalue weighted by atomic mass is 10.2. The summed E-state index contributed by atoms with van der Waals surface area (Å²) in [5.74, 6) is -2.06. The van der Waals surface area contributed by atoms with E-state index in [-0.39, 0.29) is 18.8 Å². The van der Waals surface area contributed by atoms with Crippen molar-refractivity contribution in [1.29, 1.82) is 0 Å². The Morgan fingerprint density at radius 1 is 1.00 bits per heavy atom. The van der Waals surface area contributed by atoms with E-state index in [1.165, 1.54) is 12.1 Å². The van der Waals surface area contributed by atoms with Crippen molar-refractivity contribution in [2.75, 3.05) is 44.8 Å². The molecule has 1 heterocycles. The Morgan fingerprint density at radius 2 is 1.77 bits per heavy atom. The van der Waals surface area contributed by atoms with Gasteiger partial charge < -0.3 is 14.4 Å². The summed E-state index contributed by atoms with van der Waals surface area (Å²) < 4.78 is 50.5. The van der Waals surface area contributed by atoms with Crippen molar-refractivity contribution in [3.05, 3.63) is 53.8 Å². The average molecular weight is 435 g/mol. The molecule has 31 heavy (non-hydrogen) atoms. The number of anilines is 1. The molecule has 168 valence electrons. The van der Waals surface area contributed by atoms with E-state index in [2.05, 4.69) is 9.80 Å². The van der Waals surface area contributed by atoms with Crippen LogP contribution in [0.15, 0.2) is 42.5 Å². The molecule has 4 rings (SSSR count). The Hall–Kier alpha value is -2.41. The minimum absolute atomic E-state index is 0.0303. The number of ether oxygens (including phenoxy) is 2. The number of hydrogen-bond acceptors (Lipinski definition) is 4. The average Bonchev–Trinajstić information content (AvgIpc) is 3.43. The van der Waals surface area contributed by atoms with Crippen LogP contribution in [0, 0.1) is 11.7 Å². The number of benzene rings is 2. The van der Waals surface area contributed by atoms with E-state index < -0.39 is 11.8 Å². The highest BCUT2D eigenvalue weighted by Gasteiger charge is 2.56. The van der Waals surface area contributed by atoms with Gasteiger partial charge in [-0.25, -0.2) is 13.2 Å². The highest BCUT2D eigenvalue weighted by molar-refractivity contribution is 5.46. The molecule has 0 aromatic heterocycles. The molecule has 2 aromatic rings. The SMILES string of the molecule is COc1ccc(CN2CCCN(c3ccc(F)cc3)CC2)cc1OCCC1CC1(F)F. The van der Waals surface area contributed by atoms with Gasteiger partial charge in [0.25, 0.3) is 5.92 Å². The first-order valence-electron chi connectivity index (χ1n) is 10.8. The van der Waals surface area contributed by atoms with Crippen LogP contribution in [0.5, 0.6) is 11.5 Å². The zero-order chi connectivity index (χ0) is 21.8. The van der Waals surface area contributed by atoms with E-state index >= 15 is 0 Å². The predicted octanol–water partition coefficient (Wildman–Crippen LogP) is 4.97. The number of methoxy groups -OCH3 is 1. The second-order valence-corrected chi connectivity index (χ2v) is 8.38. The minimum atomic E-state index is -2.51. The Bertz CT molecular complexity index is 876. The third-order valence-electron chi connectivity index (χ3n) is 6.09. The lowest BCUT2D eigenvalue weighted by Crippen LogP contribution is -2.30. The number of nitrogens with zero attached hydrogens (tertiary/aromatic N) is 2. The fraction of sp³-hybridized carbons (Fsp3) is 0.500. The van der Waals surface area contributed by atoms with Crippen LogP contribution in [-0.4, -0.2) is 50.7 Å². The summed E-state index contributed by atoms with van der Waals surface area (Å²) in [6, 6.07) is 12.5. The third-order valence-corrected chi connectivity index (χ3v) is 6.09. The molecular formula is C24H29F3N2O2. The highest BCUT2D eigenvalue weighted by Crippen LogP contribution is 2.50. The molecule has 1 unspecified atom stereocenters. The summed E-state index contributed by atoms with van der Waals surface area (Å²) in [4.78, 5) is 4.68. The van der Waals surface area contributed by atoms with E-state index in [0.717, 1.165) is 50.4 Å². The summed E-state index contributed by atoms with van der Waals surface area (Å²) in [5.41, 5.74) is 2.15. The molecule has 7 heteroatoms. The van der Waals surface area contributed by atoms with Crippen LogP contribution in [0.25, 0.3) is 0 Å². The summed E-state index contributed by atoms with van der Waals surface area (Å²) in [5, 5.41) is 0. The molecule has 0 bridgehead atoms. The number of rotatable bonds is 8. The minimum Gasteiger partial charge on any atom is -0.493 e. The lowest BCUT2D eigenvalue weighted by molar-refractivity contribution is 0.0929. The van der Waals surface area contributed by atoms with E-state index in [1.54, 1.807) is 7.11 Å². The van der Waals surface area contributed by atoms with Crippen LogP contribution in [-0.2, 0) is 6.54 Å². The van der Waals surface area contributed by atoms with E-state index in [1.807, 2.05) is 30.3 Å². The maximum Gasteiger partial charge on any atom is 0.251 e. The van der Waals surface area contributed by atoms with Crippen LogP contribution < -0.4 is 14.4 Å². The van der Waals surface area contributed by atoms with Crippen LogP contribution in [0.1, 0.15) is 24.8 Å². The van der Waals surface area contributed by atoms with Crippen molar-refractivity contribution < 1.29 is 22.6 Å². The molecule has 1 aliphatic heterocycles. The highest BCUT2D eigenvalue weighted by atomic mass is 19.3. The molecule has 0 radical (unpaired) electrons. The van der Waals surface area contributed by atoms with Gasteiger partial charge in [-0.15, -0.1) is 0 Å². The van der Waals surface area contributed by atoms with Gasteiger partial charge >= 0.3 is 0 Å². The van der Waals surface area contributed by atoms with Crippen molar-refractivity contribution >= 4 is 5.69 Å². The first-order valence-corrected chi connectivity index (χ1v) is 10.8. The summed E-state index contributed by atoms with van der Waals surface area (Å²) >= 11 is 0. The van der Waals surface area contributed by atoms with Gasteiger partial charge in [0.05, 0.1) is 13.7 Å². The van der Waals surface area contributed by atoms with Crippen molar-refractivity contribution in [3.63, 3.8) is 0 Å². The van der Waals surface area contributed by atoms with Gasteiger partial charge in [-0.1, -0.05) is 6.07 Å². The third kappa shape index (κ3) is 5.64. The van der Waals surface area contributed by atoms with Gasteiger partial charge in [0, 0.05) is 50.7 Å². The van der Waals surface area contributed by atoms with Crippen molar-refractivity contribution in [3.8, 4) is 11.5 Å². The Kier molecular flexibility index (Phi) is 6.60.